The van der Waals surface area contributed by atoms with E-state index in [4.69, 9.17) is 40.0 Å². The predicted molar refractivity (Wildman–Crippen MR) is 119 cm³/mol. The van der Waals surface area contributed by atoms with Crippen molar-refractivity contribution in [2.45, 2.75) is 58.4 Å². The summed E-state index contributed by atoms with van der Waals surface area (Å²) in [6.07, 6.45) is -4.94. The third kappa shape index (κ3) is 6.58. The summed E-state index contributed by atoms with van der Waals surface area (Å²) >= 11 is 6.26. The summed E-state index contributed by atoms with van der Waals surface area (Å²) in [6.45, 7) is 4.25. The molecule has 0 saturated carbocycles. The molecule has 0 bridgehead atoms. The number of nitrogens with zero attached hydrogens (tertiary/aromatic N) is 1. The summed E-state index contributed by atoms with van der Waals surface area (Å²) < 4.78 is 33.2. The van der Waals surface area contributed by atoms with Gasteiger partial charge in [0.05, 0.1) is 5.02 Å². The van der Waals surface area contributed by atoms with Crippen molar-refractivity contribution in [2.75, 3.05) is 6.61 Å². The Morgan fingerprint density at radius 1 is 0.886 bits per heavy atom. The molecule has 188 valence electrons. The van der Waals surface area contributed by atoms with Gasteiger partial charge in [-0.25, -0.2) is 0 Å². The van der Waals surface area contributed by atoms with Crippen LogP contribution in [-0.2, 0) is 42.9 Å². The van der Waals surface area contributed by atoms with Gasteiger partial charge in [-0.1, -0.05) is 11.6 Å². The lowest BCUT2D eigenvalue weighted by Gasteiger charge is -2.43. The van der Waals surface area contributed by atoms with E-state index in [1.165, 1.54) is 6.92 Å². The van der Waals surface area contributed by atoms with Crippen LogP contribution < -0.4 is 4.74 Å². The summed E-state index contributed by atoms with van der Waals surface area (Å²) in [5, 5.41) is 1.03. The number of carbonyl (C=O) groups excluding carboxylic acids is 4. The molecule has 1 saturated heterocycles. The van der Waals surface area contributed by atoms with Crippen LogP contribution in [0.25, 0.3) is 10.9 Å². The van der Waals surface area contributed by atoms with Gasteiger partial charge >= 0.3 is 23.9 Å². The largest absolute Gasteiger partial charge is 0.463 e. The molecule has 0 radical (unpaired) electrons. The van der Waals surface area contributed by atoms with Crippen molar-refractivity contribution in [2.24, 2.45) is 0 Å². The minimum absolute atomic E-state index is 0.228. The van der Waals surface area contributed by atoms with E-state index in [1.807, 2.05) is 0 Å². The monoisotopic (exact) mass is 509 g/mol. The number of pyridine rings is 1. The average Bonchev–Trinajstić information content (AvgIpc) is 2.77. The molecule has 12 heteroatoms. The van der Waals surface area contributed by atoms with Crippen LogP contribution in [0.3, 0.4) is 0 Å². The highest BCUT2D eigenvalue weighted by Crippen LogP contribution is 2.34. The van der Waals surface area contributed by atoms with Crippen LogP contribution in [0.1, 0.15) is 27.7 Å². The van der Waals surface area contributed by atoms with Crippen LogP contribution in [-0.4, -0.2) is 66.2 Å². The standard InChI is InChI=1S/C23H24ClNO10/c1-11(26)30-10-18-20(31-12(2)27)21(32-13(3)28)22(33-14(4)29)23(35-18)34-17-8-7-16(24)15-6-5-9-25-19(15)17/h5-9,18,20-23H,10H2,1-4H3. The van der Waals surface area contributed by atoms with Gasteiger partial charge in [0.15, 0.2) is 12.2 Å². The molecule has 1 aromatic heterocycles. The molecule has 11 nitrogen and oxygen atoms in total. The van der Waals surface area contributed by atoms with E-state index < -0.39 is 54.6 Å². The van der Waals surface area contributed by atoms with Crippen LogP contribution in [0.2, 0.25) is 5.02 Å². The number of ether oxygens (including phenoxy) is 6. The van der Waals surface area contributed by atoms with Gasteiger partial charge in [-0.15, -0.1) is 0 Å². The Morgan fingerprint density at radius 3 is 2.14 bits per heavy atom. The fourth-order valence-corrected chi connectivity index (χ4v) is 3.83. The molecule has 1 fully saturated rings. The van der Waals surface area contributed by atoms with Gasteiger partial charge in [0.2, 0.25) is 12.4 Å². The molecule has 5 atom stereocenters. The summed E-state index contributed by atoms with van der Waals surface area (Å²) in [4.78, 5) is 51.4. The van der Waals surface area contributed by atoms with Crippen molar-refractivity contribution in [1.29, 1.82) is 0 Å². The van der Waals surface area contributed by atoms with Crippen molar-refractivity contribution < 1.29 is 47.6 Å². The lowest BCUT2D eigenvalue weighted by molar-refractivity contribution is -0.288. The SMILES string of the molecule is CC(=O)OCC1OC(Oc2ccc(Cl)c3cccnc23)C(OC(C)=O)C(OC(C)=O)C1OC(C)=O. The van der Waals surface area contributed by atoms with Crippen molar-refractivity contribution in [1.82, 2.24) is 4.98 Å². The van der Waals surface area contributed by atoms with E-state index in [0.29, 0.717) is 15.9 Å². The van der Waals surface area contributed by atoms with E-state index in [9.17, 15) is 19.2 Å². The van der Waals surface area contributed by atoms with Crippen LogP contribution in [0.4, 0.5) is 0 Å². The van der Waals surface area contributed by atoms with Gasteiger partial charge in [0, 0.05) is 39.3 Å². The smallest absolute Gasteiger partial charge is 0.303 e. The number of esters is 4. The van der Waals surface area contributed by atoms with Crippen LogP contribution in [0.15, 0.2) is 30.5 Å². The number of fused-ring (bicyclic) bond motifs is 1. The molecular weight excluding hydrogens is 486 g/mol. The second kappa shape index (κ2) is 11.3. The van der Waals surface area contributed by atoms with E-state index in [0.717, 1.165) is 20.8 Å². The Hall–Kier alpha value is -3.44. The van der Waals surface area contributed by atoms with Crippen molar-refractivity contribution >= 4 is 46.4 Å². The molecule has 0 amide bonds. The normalized spacial score (nSPS) is 23.7. The number of hydrogen-bond acceptors (Lipinski definition) is 11. The minimum atomic E-state index is -1.37. The zero-order valence-corrected chi connectivity index (χ0v) is 20.1. The lowest BCUT2D eigenvalue weighted by atomic mass is 9.98. The molecule has 0 aliphatic carbocycles. The topological polar surface area (TPSA) is 137 Å². The number of carbonyl (C=O) groups is 4. The molecule has 0 N–H and O–H groups in total. The van der Waals surface area contributed by atoms with E-state index >= 15 is 0 Å². The van der Waals surface area contributed by atoms with Gasteiger partial charge in [-0.05, 0) is 24.3 Å². The molecule has 35 heavy (non-hydrogen) atoms. The van der Waals surface area contributed by atoms with E-state index in [2.05, 4.69) is 4.98 Å². The molecule has 1 aliphatic rings. The number of hydrogen-bond donors (Lipinski definition) is 0. The second-order valence-corrected chi connectivity index (χ2v) is 8.04. The first kappa shape index (κ1) is 26.2. The number of halogens is 1. The van der Waals surface area contributed by atoms with Gasteiger partial charge in [0.25, 0.3) is 0 Å². The Labute approximate surface area is 205 Å². The number of aromatic nitrogens is 1. The number of rotatable bonds is 7. The summed E-state index contributed by atoms with van der Waals surface area (Å²) in [7, 11) is 0. The Balaban J connectivity index is 2.05. The van der Waals surface area contributed by atoms with Crippen molar-refractivity contribution in [3.8, 4) is 5.75 Å². The second-order valence-electron chi connectivity index (χ2n) is 7.63. The van der Waals surface area contributed by atoms with Crippen LogP contribution in [0.5, 0.6) is 5.75 Å². The first-order valence-corrected chi connectivity index (χ1v) is 10.9. The summed E-state index contributed by atoms with van der Waals surface area (Å²) in [5.74, 6) is -2.59. The average molecular weight is 510 g/mol. The highest BCUT2D eigenvalue weighted by Gasteiger charge is 2.53. The first-order chi connectivity index (χ1) is 16.6. The molecule has 0 spiro atoms. The zero-order chi connectivity index (χ0) is 25.7. The third-order valence-corrected chi connectivity index (χ3v) is 5.20. The molecule has 1 aliphatic heterocycles. The molecule has 2 heterocycles. The van der Waals surface area contributed by atoms with Gasteiger partial charge < -0.3 is 28.4 Å². The fraction of sp³-hybridized carbons (Fsp3) is 0.435. The summed E-state index contributed by atoms with van der Waals surface area (Å²) in [5.41, 5.74) is 0.396. The summed E-state index contributed by atoms with van der Waals surface area (Å²) in [6, 6.07) is 6.58. The van der Waals surface area contributed by atoms with Crippen LogP contribution >= 0.6 is 11.6 Å². The van der Waals surface area contributed by atoms with Crippen molar-refractivity contribution in [3.05, 3.63) is 35.5 Å². The van der Waals surface area contributed by atoms with Crippen molar-refractivity contribution in [3.63, 3.8) is 0 Å². The predicted octanol–water partition coefficient (Wildman–Crippen LogP) is 2.35. The fourth-order valence-electron chi connectivity index (χ4n) is 3.62. The zero-order valence-electron chi connectivity index (χ0n) is 19.4. The molecule has 3 rings (SSSR count). The Bertz CT molecular complexity index is 1120. The third-order valence-electron chi connectivity index (χ3n) is 4.87. The Kier molecular flexibility index (Phi) is 8.47. The van der Waals surface area contributed by atoms with Gasteiger partial charge in [0.1, 0.15) is 24.0 Å². The highest BCUT2D eigenvalue weighted by atomic mass is 35.5. The minimum Gasteiger partial charge on any atom is -0.463 e. The molecule has 1 aromatic carbocycles. The highest BCUT2D eigenvalue weighted by molar-refractivity contribution is 6.35. The van der Waals surface area contributed by atoms with Gasteiger partial charge in [-0.2, -0.15) is 0 Å². The van der Waals surface area contributed by atoms with Gasteiger partial charge in [-0.3, -0.25) is 24.2 Å². The molecular formula is C23H24ClNO10. The van der Waals surface area contributed by atoms with E-state index in [-0.39, 0.29) is 12.4 Å². The van der Waals surface area contributed by atoms with E-state index in [1.54, 1.807) is 30.5 Å². The number of benzene rings is 1. The molecule has 2 aromatic rings. The maximum Gasteiger partial charge on any atom is 0.303 e. The maximum atomic E-state index is 11.9. The Morgan fingerprint density at radius 2 is 1.51 bits per heavy atom. The molecule has 5 unspecified atom stereocenters. The quantitative estimate of drug-likeness (QED) is 0.401. The van der Waals surface area contributed by atoms with Crippen LogP contribution in [0, 0.1) is 0 Å². The maximum absolute atomic E-state index is 11.9. The lowest BCUT2D eigenvalue weighted by Crippen LogP contribution is -2.63. The first-order valence-electron chi connectivity index (χ1n) is 10.6.